The molecule has 0 heterocycles. The van der Waals surface area contributed by atoms with E-state index in [4.69, 9.17) is 0 Å². The summed E-state index contributed by atoms with van der Waals surface area (Å²) in [5.74, 6) is -0.294. The zero-order valence-electron chi connectivity index (χ0n) is 5.71. The molecule has 0 aliphatic heterocycles. The number of halogens is 1. The quantitative estimate of drug-likeness (QED) is 0.332. The molecule has 0 aromatic rings. The first-order chi connectivity index (χ1) is 4.81. The highest BCUT2D eigenvalue weighted by Gasteiger charge is 1.89. The monoisotopic (exact) mass is 252 g/mol. The zero-order chi connectivity index (χ0) is 7.82. The van der Waals surface area contributed by atoms with E-state index in [2.05, 4.69) is 27.3 Å². The van der Waals surface area contributed by atoms with E-state index in [1.807, 2.05) is 4.08 Å². The van der Waals surface area contributed by atoms with Crippen molar-refractivity contribution in [3.05, 3.63) is 22.3 Å². The molecule has 0 aliphatic rings. The summed E-state index contributed by atoms with van der Waals surface area (Å²) in [5, 5.41) is 0. The summed E-state index contributed by atoms with van der Waals surface area (Å²) < 4.78 is 6.44. The summed E-state index contributed by atoms with van der Waals surface area (Å²) in [7, 11) is 0. The van der Waals surface area contributed by atoms with Gasteiger partial charge in [0.05, 0.1) is 6.61 Å². The molecule has 0 aromatic carbocycles. The number of hydrogen-bond donors (Lipinski definition) is 0. The predicted molar refractivity (Wildman–Crippen MR) is 48.9 cm³/mol. The van der Waals surface area contributed by atoms with Gasteiger partial charge in [0.15, 0.2) is 0 Å². The maximum Gasteiger partial charge on any atom is 0.330 e. The van der Waals surface area contributed by atoms with Crippen LogP contribution in [-0.2, 0) is 9.53 Å². The van der Waals surface area contributed by atoms with Gasteiger partial charge in [0.2, 0.25) is 0 Å². The molecule has 0 atom stereocenters. The van der Waals surface area contributed by atoms with Gasteiger partial charge < -0.3 is 4.74 Å². The Morgan fingerprint density at radius 1 is 1.60 bits per heavy atom. The Morgan fingerprint density at radius 3 is 2.80 bits per heavy atom. The van der Waals surface area contributed by atoms with Crippen LogP contribution in [0.15, 0.2) is 22.3 Å². The molecule has 0 amide bonds. The molecular weight excluding hydrogens is 243 g/mol. The standard InChI is InChI=1S/C7H9IO2/c1-2-10-7(9)5-3-4-6-8/h3-6H,2H2,1H3/b5-3+,6-4+. The molecule has 0 saturated carbocycles. The number of rotatable bonds is 3. The third-order valence-corrected chi connectivity index (χ3v) is 1.12. The first-order valence-electron chi connectivity index (χ1n) is 2.91. The van der Waals surface area contributed by atoms with E-state index < -0.39 is 0 Å². The van der Waals surface area contributed by atoms with Crippen molar-refractivity contribution in [1.29, 1.82) is 0 Å². The number of hydrogen-bond acceptors (Lipinski definition) is 2. The molecule has 0 N–H and O–H groups in total. The average Bonchev–Trinajstić information content (AvgIpc) is 1.89. The van der Waals surface area contributed by atoms with E-state index in [0.29, 0.717) is 6.61 Å². The number of carbonyl (C=O) groups excluding carboxylic acids is 1. The Kier molecular flexibility index (Phi) is 6.58. The van der Waals surface area contributed by atoms with Crippen molar-refractivity contribution < 1.29 is 9.53 Å². The molecule has 0 aliphatic carbocycles. The van der Waals surface area contributed by atoms with E-state index >= 15 is 0 Å². The molecule has 0 aromatic heterocycles. The van der Waals surface area contributed by atoms with Gasteiger partial charge in [-0.05, 0) is 11.0 Å². The zero-order valence-corrected chi connectivity index (χ0v) is 7.87. The lowest BCUT2D eigenvalue weighted by Gasteiger charge is -1.92. The summed E-state index contributed by atoms with van der Waals surface area (Å²) in [6, 6.07) is 0. The molecule has 0 spiro atoms. The van der Waals surface area contributed by atoms with E-state index in [9.17, 15) is 4.79 Å². The van der Waals surface area contributed by atoms with Gasteiger partial charge >= 0.3 is 5.97 Å². The van der Waals surface area contributed by atoms with E-state index in [0.717, 1.165) is 0 Å². The molecule has 0 saturated heterocycles. The van der Waals surface area contributed by atoms with Gasteiger partial charge in [-0.2, -0.15) is 0 Å². The van der Waals surface area contributed by atoms with Crippen LogP contribution in [0.3, 0.4) is 0 Å². The summed E-state index contributed by atoms with van der Waals surface area (Å²) >= 11 is 2.07. The third-order valence-electron chi connectivity index (χ3n) is 0.703. The van der Waals surface area contributed by atoms with Crippen LogP contribution in [0.4, 0.5) is 0 Å². The van der Waals surface area contributed by atoms with Crippen LogP contribution in [-0.4, -0.2) is 12.6 Å². The minimum atomic E-state index is -0.294. The fourth-order valence-corrected chi connectivity index (χ4v) is 0.606. The molecule has 2 nitrogen and oxygen atoms in total. The molecule has 0 radical (unpaired) electrons. The van der Waals surface area contributed by atoms with Gasteiger partial charge in [-0.3, -0.25) is 0 Å². The molecule has 0 rings (SSSR count). The van der Waals surface area contributed by atoms with Gasteiger partial charge in [-0.25, -0.2) is 4.79 Å². The Hall–Kier alpha value is -0.320. The second kappa shape index (κ2) is 6.80. The van der Waals surface area contributed by atoms with E-state index in [1.54, 1.807) is 19.1 Å². The van der Waals surface area contributed by atoms with Crippen LogP contribution < -0.4 is 0 Å². The van der Waals surface area contributed by atoms with E-state index in [-0.39, 0.29) is 5.97 Å². The van der Waals surface area contributed by atoms with Crippen molar-refractivity contribution in [1.82, 2.24) is 0 Å². The van der Waals surface area contributed by atoms with Crippen molar-refractivity contribution in [2.75, 3.05) is 6.61 Å². The minimum absolute atomic E-state index is 0.294. The topological polar surface area (TPSA) is 26.3 Å². The largest absolute Gasteiger partial charge is 0.463 e. The smallest absolute Gasteiger partial charge is 0.330 e. The third kappa shape index (κ3) is 5.81. The fourth-order valence-electron chi connectivity index (χ4n) is 0.366. The van der Waals surface area contributed by atoms with Crippen LogP contribution in [0.5, 0.6) is 0 Å². The number of esters is 1. The van der Waals surface area contributed by atoms with Gasteiger partial charge in [-0.15, -0.1) is 0 Å². The first kappa shape index (κ1) is 9.68. The van der Waals surface area contributed by atoms with Gasteiger partial charge in [0.25, 0.3) is 0 Å². The van der Waals surface area contributed by atoms with E-state index in [1.165, 1.54) is 6.08 Å². The van der Waals surface area contributed by atoms with Gasteiger partial charge in [0.1, 0.15) is 0 Å². The molecule has 56 valence electrons. The minimum Gasteiger partial charge on any atom is -0.463 e. The van der Waals surface area contributed by atoms with Gasteiger partial charge in [-0.1, -0.05) is 34.7 Å². The van der Waals surface area contributed by atoms with Crippen molar-refractivity contribution in [2.45, 2.75) is 6.92 Å². The highest BCUT2D eigenvalue weighted by Crippen LogP contribution is 1.86. The van der Waals surface area contributed by atoms with Crippen LogP contribution in [0.2, 0.25) is 0 Å². The maximum absolute atomic E-state index is 10.6. The first-order valence-corrected chi connectivity index (χ1v) is 4.16. The number of ether oxygens (including phenoxy) is 1. The lowest BCUT2D eigenvalue weighted by molar-refractivity contribution is -0.137. The maximum atomic E-state index is 10.6. The van der Waals surface area contributed by atoms with Crippen molar-refractivity contribution in [2.24, 2.45) is 0 Å². The molecule has 0 fully saturated rings. The predicted octanol–water partition coefficient (Wildman–Crippen LogP) is 2.05. The van der Waals surface area contributed by atoms with Crippen LogP contribution in [0.1, 0.15) is 6.92 Å². The number of allylic oxidation sites excluding steroid dienone is 2. The lowest BCUT2D eigenvalue weighted by atomic mass is 10.5. The SMILES string of the molecule is CCOC(=O)/C=C/C=C/I. The molecular formula is C7H9IO2. The summed E-state index contributed by atoms with van der Waals surface area (Å²) in [6.45, 7) is 2.21. The second-order valence-electron chi connectivity index (χ2n) is 1.43. The summed E-state index contributed by atoms with van der Waals surface area (Å²) in [4.78, 5) is 10.6. The number of carbonyl (C=O) groups is 1. The highest BCUT2D eigenvalue weighted by molar-refractivity contribution is 14.1. The van der Waals surface area contributed by atoms with Crippen LogP contribution in [0, 0.1) is 0 Å². The second-order valence-corrected chi connectivity index (χ2v) is 2.15. The normalized spacial score (nSPS) is 11.0. The van der Waals surface area contributed by atoms with Crippen molar-refractivity contribution in [3.63, 3.8) is 0 Å². The van der Waals surface area contributed by atoms with Crippen LogP contribution >= 0.6 is 22.6 Å². The molecule has 0 unspecified atom stereocenters. The van der Waals surface area contributed by atoms with Crippen molar-refractivity contribution in [3.8, 4) is 0 Å². The van der Waals surface area contributed by atoms with Crippen LogP contribution in [0.25, 0.3) is 0 Å². The summed E-state index contributed by atoms with van der Waals surface area (Å²) in [6.07, 6.45) is 4.79. The summed E-state index contributed by atoms with van der Waals surface area (Å²) in [5.41, 5.74) is 0. The Bertz CT molecular complexity index is 150. The average molecular weight is 252 g/mol. The molecule has 3 heteroatoms. The Labute approximate surface area is 74.1 Å². The van der Waals surface area contributed by atoms with Crippen molar-refractivity contribution >= 4 is 28.6 Å². The van der Waals surface area contributed by atoms with Gasteiger partial charge in [0, 0.05) is 6.08 Å². The molecule has 0 bridgehead atoms. The molecule has 10 heavy (non-hydrogen) atoms. The lowest BCUT2D eigenvalue weighted by Crippen LogP contribution is -1.98. The highest BCUT2D eigenvalue weighted by atomic mass is 127. The fraction of sp³-hybridized carbons (Fsp3) is 0.286. The Balaban J connectivity index is 3.56. The Morgan fingerprint density at radius 2 is 2.30 bits per heavy atom.